The van der Waals surface area contributed by atoms with Crippen molar-refractivity contribution in [1.82, 2.24) is 0 Å². The standard InChI is InChI=1S/C14H15ClFN3S/c15-12-10(17)6-11(18)14(13(12)16)19(8-3-4-8)7-9-2-1-5-20-9/h1-2,5-6,8H,3-4,7,17-18H2. The van der Waals surface area contributed by atoms with Gasteiger partial charge in [0.15, 0.2) is 5.82 Å². The predicted molar refractivity (Wildman–Crippen MR) is 83.8 cm³/mol. The number of rotatable bonds is 4. The highest BCUT2D eigenvalue weighted by atomic mass is 35.5. The Bertz CT molecular complexity index is 626. The van der Waals surface area contributed by atoms with Gasteiger partial charge in [-0.3, -0.25) is 0 Å². The molecule has 3 rings (SSSR count). The monoisotopic (exact) mass is 311 g/mol. The predicted octanol–water partition coefficient (Wildman–Crippen LogP) is 3.87. The molecular formula is C14H15ClFN3S. The third-order valence-corrected chi connectivity index (χ3v) is 4.66. The molecule has 1 aliphatic rings. The summed E-state index contributed by atoms with van der Waals surface area (Å²) in [6.45, 7) is 0.643. The van der Waals surface area contributed by atoms with Crippen LogP contribution in [0.2, 0.25) is 5.02 Å². The van der Waals surface area contributed by atoms with E-state index in [1.807, 2.05) is 22.4 Å². The van der Waals surface area contributed by atoms with Gasteiger partial charge in [0.25, 0.3) is 0 Å². The number of nitrogen functional groups attached to an aromatic ring is 2. The number of nitrogens with two attached hydrogens (primary N) is 2. The number of hydrogen-bond acceptors (Lipinski definition) is 4. The van der Waals surface area contributed by atoms with Crippen LogP contribution >= 0.6 is 22.9 Å². The van der Waals surface area contributed by atoms with Crippen LogP contribution in [0.1, 0.15) is 17.7 Å². The summed E-state index contributed by atoms with van der Waals surface area (Å²) in [6.07, 6.45) is 2.10. The molecule has 1 aliphatic carbocycles. The summed E-state index contributed by atoms with van der Waals surface area (Å²) in [5, 5.41) is 1.96. The second kappa shape index (κ2) is 5.14. The van der Waals surface area contributed by atoms with Gasteiger partial charge in [0.1, 0.15) is 5.02 Å². The van der Waals surface area contributed by atoms with Crippen LogP contribution < -0.4 is 16.4 Å². The lowest BCUT2D eigenvalue weighted by molar-refractivity contribution is 0.617. The Morgan fingerprint density at radius 1 is 1.35 bits per heavy atom. The van der Waals surface area contributed by atoms with Crippen LogP contribution in [0.25, 0.3) is 0 Å². The fourth-order valence-corrected chi connectivity index (χ4v) is 3.14. The molecule has 106 valence electrons. The van der Waals surface area contributed by atoms with E-state index in [2.05, 4.69) is 0 Å². The molecule has 1 aromatic carbocycles. The second-order valence-corrected chi connectivity index (χ2v) is 6.38. The minimum Gasteiger partial charge on any atom is -0.397 e. The Morgan fingerprint density at radius 2 is 2.10 bits per heavy atom. The lowest BCUT2D eigenvalue weighted by atomic mass is 10.2. The van der Waals surface area contributed by atoms with E-state index in [0.717, 1.165) is 12.8 Å². The summed E-state index contributed by atoms with van der Waals surface area (Å²) in [4.78, 5) is 3.17. The van der Waals surface area contributed by atoms with Gasteiger partial charge in [-0.2, -0.15) is 0 Å². The van der Waals surface area contributed by atoms with E-state index in [4.69, 9.17) is 23.1 Å². The van der Waals surface area contributed by atoms with Gasteiger partial charge in [0, 0.05) is 10.9 Å². The van der Waals surface area contributed by atoms with Gasteiger partial charge in [-0.1, -0.05) is 17.7 Å². The Morgan fingerprint density at radius 3 is 2.70 bits per heavy atom. The van der Waals surface area contributed by atoms with Gasteiger partial charge in [-0.25, -0.2) is 4.39 Å². The fraction of sp³-hybridized carbons (Fsp3) is 0.286. The maximum atomic E-state index is 14.5. The van der Waals surface area contributed by atoms with E-state index in [0.29, 0.717) is 24.0 Å². The fourth-order valence-electron chi connectivity index (χ4n) is 2.30. The van der Waals surface area contributed by atoms with Gasteiger partial charge in [-0.05, 0) is 30.4 Å². The molecule has 0 saturated heterocycles. The topological polar surface area (TPSA) is 55.3 Å². The Kier molecular flexibility index (Phi) is 3.48. The number of nitrogens with zero attached hydrogens (tertiary/aromatic N) is 1. The maximum Gasteiger partial charge on any atom is 0.169 e. The molecule has 1 saturated carbocycles. The molecule has 6 heteroatoms. The maximum absolute atomic E-state index is 14.5. The molecular weight excluding hydrogens is 297 g/mol. The molecule has 0 amide bonds. The van der Waals surface area contributed by atoms with Crippen molar-refractivity contribution in [3.05, 3.63) is 39.3 Å². The van der Waals surface area contributed by atoms with Crippen molar-refractivity contribution >= 4 is 40.0 Å². The molecule has 3 nitrogen and oxygen atoms in total. The van der Waals surface area contributed by atoms with Crippen LogP contribution in [0, 0.1) is 5.82 Å². The lowest BCUT2D eigenvalue weighted by Crippen LogP contribution is -2.27. The molecule has 0 atom stereocenters. The summed E-state index contributed by atoms with van der Waals surface area (Å²) in [6, 6.07) is 5.88. The average molecular weight is 312 g/mol. The summed E-state index contributed by atoms with van der Waals surface area (Å²) in [5.74, 6) is -0.521. The minimum atomic E-state index is -0.521. The SMILES string of the molecule is Nc1cc(N)c(N(Cc2cccs2)C2CC2)c(F)c1Cl. The Balaban J connectivity index is 2.01. The van der Waals surface area contributed by atoms with Gasteiger partial charge in [0.05, 0.1) is 23.6 Å². The number of thiophene rings is 1. The zero-order chi connectivity index (χ0) is 14.3. The molecule has 0 spiro atoms. The summed E-state index contributed by atoms with van der Waals surface area (Å²) >= 11 is 7.57. The molecule has 4 N–H and O–H groups in total. The highest BCUT2D eigenvalue weighted by molar-refractivity contribution is 7.09. The molecule has 1 heterocycles. The summed E-state index contributed by atoms with van der Waals surface area (Å²) < 4.78 is 14.5. The van der Waals surface area contributed by atoms with Crippen molar-refractivity contribution < 1.29 is 4.39 Å². The van der Waals surface area contributed by atoms with Gasteiger partial charge < -0.3 is 16.4 Å². The van der Waals surface area contributed by atoms with Crippen molar-refractivity contribution in [1.29, 1.82) is 0 Å². The Labute approximate surface area is 125 Å². The molecule has 1 aromatic heterocycles. The van der Waals surface area contributed by atoms with E-state index < -0.39 is 5.82 Å². The highest BCUT2D eigenvalue weighted by Gasteiger charge is 2.33. The number of benzene rings is 1. The number of anilines is 3. The van der Waals surface area contributed by atoms with Crippen molar-refractivity contribution in [2.24, 2.45) is 0 Å². The van der Waals surface area contributed by atoms with Gasteiger partial charge in [-0.15, -0.1) is 11.3 Å². The summed E-state index contributed by atoms with van der Waals surface area (Å²) in [5.41, 5.74) is 12.5. The van der Waals surface area contributed by atoms with Gasteiger partial charge >= 0.3 is 0 Å². The molecule has 1 fully saturated rings. The second-order valence-electron chi connectivity index (χ2n) is 4.97. The average Bonchev–Trinajstić information content (AvgIpc) is 3.13. The van der Waals surface area contributed by atoms with Crippen molar-refractivity contribution in [2.75, 3.05) is 16.4 Å². The van der Waals surface area contributed by atoms with Crippen LogP contribution in [0.5, 0.6) is 0 Å². The smallest absolute Gasteiger partial charge is 0.169 e. The molecule has 2 aromatic rings. The van der Waals surface area contributed by atoms with E-state index >= 15 is 0 Å². The van der Waals surface area contributed by atoms with Crippen molar-refractivity contribution in [3.8, 4) is 0 Å². The zero-order valence-corrected chi connectivity index (χ0v) is 12.3. The Hall–Kier alpha value is -1.46. The highest BCUT2D eigenvalue weighted by Crippen LogP contribution is 2.42. The quantitative estimate of drug-likeness (QED) is 0.843. The lowest BCUT2D eigenvalue weighted by Gasteiger charge is -2.26. The zero-order valence-electron chi connectivity index (χ0n) is 10.8. The van der Waals surface area contributed by atoms with E-state index in [1.165, 1.54) is 10.9 Å². The van der Waals surface area contributed by atoms with E-state index in [9.17, 15) is 4.39 Å². The largest absolute Gasteiger partial charge is 0.397 e. The first-order valence-electron chi connectivity index (χ1n) is 6.40. The minimum absolute atomic E-state index is 0.0500. The first-order valence-corrected chi connectivity index (χ1v) is 7.65. The number of hydrogen-bond donors (Lipinski definition) is 2. The number of halogens is 2. The van der Waals surface area contributed by atoms with Crippen LogP contribution in [-0.4, -0.2) is 6.04 Å². The van der Waals surface area contributed by atoms with Crippen molar-refractivity contribution in [3.63, 3.8) is 0 Å². The molecule has 0 unspecified atom stereocenters. The van der Waals surface area contributed by atoms with Crippen LogP contribution in [-0.2, 0) is 6.54 Å². The molecule has 20 heavy (non-hydrogen) atoms. The van der Waals surface area contributed by atoms with E-state index in [1.54, 1.807) is 11.3 Å². The van der Waals surface area contributed by atoms with Gasteiger partial charge in [0.2, 0.25) is 0 Å². The normalized spacial score (nSPS) is 14.5. The third kappa shape index (κ3) is 2.43. The molecule has 0 bridgehead atoms. The van der Waals surface area contributed by atoms with Crippen LogP contribution in [0.3, 0.4) is 0 Å². The van der Waals surface area contributed by atoms with Crippen LogP contribution in [0.15, 0.2) is 23.6 Å². The van der Waals surface area contributed by atoms with Crippen LogP contribution in [0.4, 0.5) is 21.5 Å². The third-order valence-electron chi connectivity index (χ3n) is 3.42. The molecule has 0 radical (unpaired) electrons. The van der Waals surface area contributed by atoms with E-state index in [-0.39, 0.29) is 10.7 Å². The van der Waals surface area contributed by atoms with Crippen molar-refractivity contribution in [2.45, 2.75) is 25.4 Å². The molecule has 0 aliphatic heterocycles. The summed E-state index contributed by atoms with van der Waals surface area (Å²) in [7, 11) is 0. The first-order chi connectivity index (χ1) is 9.58. The first kappa shape index (κ1) is 13.5.